The minimum absolute atomic E-state index is 0. The first-order valence-electron chi connectivity index (χ1n) is 3.05. The molecule has 0 saturated heterocycles. The maximum Gasteiger partial charge on any atom is 1.00 e. The number of carbonyl (C=O) groups excluding carboxylic acids is 1. The van der Waals surface area contributed by atoms with E-state index in [1.165, 1.54) is 0 Å². The molecule has 1 aromatic heterocycles. The van der Waals surface area contributed by atoms with Crippen LogP contribution in [0.15, 0.2) is 10.6 Å². The second-order valence-corrected chi connectivity index (χ2v) is 1.75. The molecule has 0 unspecified atom stereocenters. The van der Waals surface area contributed by atoms with Crippen molar-refractivity contribution in [3.05, 3.63) is 11.8 Å². The zero-order chi connectivity index (χ0) is 8.27. The van der Waals surface area contributed by atoms with Crippen molar-refractivity contribution in [1.29, 1.82) is 0 Å². The molecule has 0 aliphatic rings. The summed E-state index contributed by atoms with van der Waals surface area (Å²) in [6.45, 7) is 1.91. The van der Waals surface area contributed by atoms with Gasteiger partial charge in [0.2, 0.25) is 0 Å². The molecule has 0 fully saturated rings. The third-order valence-corrected chi connectivity index (χ3v) is 0.973. The van der Waals surface area contributed by atoms with Crippen molar-refractivity contribution < 1.29 is 70.5 Å². The molecule has 6 heteroatoms. The fraction of sp³-hybridized carbons (Fsp3) is 0.333. The summed E-state index contributed by atoms with van der Waals surface area (Å²) >= 11 is 0. The van der Waals surface area contributed by atoms with Crippen LogP contribution in [0.5, 0.6) is 5.95 Å². The van der Waals surface area contributed by atoms with E-state index in [0.717, 1.165) is 6.07 Å². The predicted octanol–water partition coefficient (Wildman–Crippen LogP) is -3.07. The average molecular weight is 195 g/mol. The van der Waals surface area contributed by atoms with Crippen molar-refractivity contribution in [2.24, 2.45) is 0 Å². The fourth-order valence-corrected chi connectivity index (χ4v) is 0.560. The molecule has 0 spiro atoms. The van der Waals surface area contributed by atoms with E-state index in [9.17, 15) is 9.90 Å². The maximum atomic E-state index is 10.8. The minimum atomic E-state index is -0.645. The zero-order valence-electron chi connectivity index (χ0n) is 6.86. The summed E-state index contributed by atoms with van der Waals surface area (Å²) in [6, 6.07) is 0.984. The molecule has 1 aromatic rings. The summed E-state index contributed by atoms with van der Waals surface area (Å²) in [5.74, 6) is -1.29. The van der Waals surface area contributed by atoms with Gasteiger partial charge >= 0.3 is 57.4 Å². The first kappa shape index (κ1) is 12.1. The quantitative estimate of drug-likeness (QED) is 0.370. The molecule has 0 radical (unpaired) electrons. The first-order valence-corrected chi connectivity index (χ1v) is 3.05. The number of aromatic nitrogens is 1. The Balaban J connectivity index is 0.00000121. The molecule has 1 heterocycles. The van der Waals surface area contributed by atoms with Gasteiger partial charge in [0, 0.05) is 0 Å². The molecule has 0 aliphatic heterocycles. The second kappa shape index (κ2) is 5.71. The number of carbonyl (C=O) groups is 1. The van der Waals surface area contributed by atoms with Crippen molar-refractivity contribution in [2.45, 2.75) is 6.92 Å². The van der Waals surface area contributed by atoms with Crippen LogP contribution in [-0.2, 0) is 4.74 Å². The normalized spacial score (nSPS) is 8.75. The monoisotopic (exact) mass is 195 g/mol. The number of esters is 1. The maximum absolute atomic E-state index is 10.8. The van der Waals surface area contributed by atoms with Gasteiger partial charge in [0.05, 0.1) is 12.6 Å². The molecule has 60 valence electrons. The average Bonchev–Trinajstić information content (AvgIpc) is 2.36. The summed E-state index contributed by atoms with van der Waals surface area (Å²) in [4.78, 5) is 10.8. The summed E-state index contributed by atoms with van der Waals surface area (Å²) < 4.78 is 8.67. The molecule has 0 bridgehead atoms. The van der Waals surface area contributed by atoms with Crippen LogP contribution in [-0.4, -0.2) is 17.7 Å². The van der Waals surface area contributed by atoms with E-state index in [4.69, 9.17) is 0 Å². The van der Waals surface area contributed by atoms with E-state index < -0.39 is 11.9 Å². The number of hydrogen-bond acceptors (Lipinski definition) is 5. The number of nitrogens with zero attached hydrogens (tertiary/aromatic N) is 1. The van der Waals surface area contributed by atoms with Gasteiger partial charge in [-0.2, -0.15) is 5.16 Å². The van der Waals surface area contributed by atoms with Gasteiger partial charge in [0.15, 0.2) is 5.69 Å². The summed E-state index contributed by atoms with van der Waals surface area (Å²) in [6.07, 6.45) is 0. The minimum Gasteiger partial charge on any atom is -0.544 e. The summed E-state index contributed by atoms with van der Waals surface area (Å²) in [5, 5.41) is 13.5. The van der Waals surface area contributed by atoms with Crippen molar-refractivity contribution >= 4 is 5.97 Å². The van der Waals surface area contributed by atoms with Gasteiger partial charge in [-0.15, -0.1) is 0 Å². The molecular weight excluding hydrogens is 189 g/mol. The van der Waals surface area contributed by atoms with Crippen molar-refractivity contribution in [2.75, 3.05) is 6.61 Å². The van der Waals surface area contributed by atoms with Gasteiger partial charge in [-0.05, 0) is 13.0 Å². The molecule has 0 atom stereocenters. The van der Waals surface area contributed by atoms with Gasteiger partial charge in [0.25, 0.3) is 0 Å². The largest absolute Gasteiger partial charge is 1.00 e. The Morgan fingerprint density at radius 1 is 1.83 bits per heavy atom. The van der Waals surface area contributed by atoms with Gasteiger partial charge in [-0.1, -0.05) is 0 Å². The van der Waals surface area contributed by atoms with Gasteiger partial charge in [-0.3, -0.25) is 0 Å². The molecule has 0 aliphatic carbocycles. The van der Waals surface area contributed by atoms with E-state index in [1.807, 2.05) is 0 Å². The molecule has 0 saturated carbocycles. The van der Waals surface area contributed by atoms with Crippen LogP contribution >= 0.6 is 0 Å². The van der Waals surface area contributed by atoms with Crippen LogP contribution in [0.4, 0.5) is 0 Å². The summed E-state index contributed by atoms with van der Waals surface area (Å²) in [5.41, 5.74) is -0.0862. The molecule has 0 aromatic carbocycles. The Hall–Kier alpha value is 0.116. The Bertz CT molecular complexity index is 260. The third kappa shape index (κ3) is 3.24. The Morgan fingerprint density at radius 3 is 2.92 bits per heavy atom. The number of ether oxygens (including phenoxy) is 1. The van der Waals surface area contributed by atoms with Gasteiger partial charge in [0.1, 0.15) is 0 Å². The number of hydrogen-bond donors (Lipinski definition) is 0. The molecule has 0 amide bonds. The Kier molecular flexibility index (Phi) is 5.76. The van der Waals surface area contributed by atoms with E-state index >= 15 is 0 Å². The van der Waals surface area contributed by atoms with E-state index in [0.29, 0.717) is 0 Å². The van der Waals surface area contributed by atoms with Crippen LogP contribution in [0.1, 0.15) is 17.4 Å². The smallest absolute Gasteiger partial charge is 0.544 e. The van der Waals surface area contributed by atoms with Crippen molar-refractivity contribution in [1.82, 2.24) is 5.16 Å². The SMILES string of the molecule is CCOC(=O)c1cc([O-])on1.[K+]. The van der Waals surface area contributed by atoms with Crippen LogP contribution < -0.4 is 56.5 Å². The van der Waals surface area contributed by atoms with Gasteiger partial charge in [-0.25, -0.2) is 4.79 Å². The number of rotatable bonds is 2. The topological polar surface area (TPSA) is 75.4 Å². The molecular formula is C6H6KNO4. The predicted molar refractivity (Wildman–Crippen MR) is 31.9 cm³/mol. The van der Waals surface area contributed by atoms with E-state index in [1.54, 1.807) is 6.92 Å². The van der Waals surface area contributed by atoms with Gasteiger partial charge < -0.3 is 14.4 Å². The third-order valence-electron chi connectivity index (χ3n) is 0.973. The molecule has 5 nitrogen and oxygen atoms in total. The van der Waals surface area contributed by atoms with Crippen molar-refractivity contribution in [3.63, 3.8) is 0 Å². The molecule has 0 N–H and O–H groups in total. The van der Waals surface area contributed by atoms with E-state index in [2.05, 4.69) is 14.4 Å². The van der Waals surface area contributed by atoms with Crippen molar-refractivity contribution in [3.8, 4) is 5.95 Å². The molecule has 12 heavy (non-hydrogen) atoms. The van der Waals surface area contributed by atoms with Crippen LogP contribution in [0.3, 0.4) is 0 Å². The Labute approximate surface area is 111 Å². The standard InChI is InChI=1S/C6H7NO4.K/c1-2-10-6(9)4-3-5(8)11-7-4;/h3,8H,2H2,1H3;/q;+1/p-1. The first-order chi connectivity index (χ1) is 5.24. The Morgan fingerprint density at radius 2 is 2.50 bits per heavy atom. The van der Waals surface area contributed by atoms with Crippen LogP contribution in [0.25, 0.3) is 0 Å². The zero-order valence-corrected chi connectivity index (χ0v) is 9.99. The second-order valence-electron chi connectivity index (χ2n) is 1.75. The van der Waals surface area contributed by atoms with Crippen LogP contribution in [0, 0.1) is 0 Å². The molecule has 1 rings (SSSR count). The fourth-order valence-electron chi connectivity index (χ4n) is 0.560. The van der Waals surface area contributed by atoms with Crippen LogP contribution in [0.2, 0.25) is 0 Å². The summed E-state index contributed by atoms with van der Waals surface area (Å²) in [7, 11) is 0. The van der Waals surface area contributed by atoms with E-state index in [-0.39, 0.29) is 63.7 Å².